The van der Waals surface area contributed by atoms with Gasteiger partial charge in [0.2, 0.25) is 0 Å². The van der Waals surface area contributed by atoms with Gasteiger partial charge in [0.25, 0.3) is 0 Å². The highest BCUT2D eigenvalue weighted by atomic mass is 15.3. The second-order valence-electron chi connectivity index (χ2n) is 3.83. The van der Waals surface area contributed by atoms with Crippen LogP contribution in [-0.4, -0.2) is 45.1 Å². The summed E-state index contributed by atoms with van der Waals surface area (Å²) in [6.07, 6.45) is 2.04. The van der Waals surface area contributed by atoms with Gasteiger partial charge in [-0.05, 0) is 0 Å². The molecule has 0 bridgehead atoms. The summed E-state index contributed by atoms with van der Waals surface area (Å²) < 4.78 is 0.997. The predicted octanol–water partition coefficient (Wildman–Crippen LogP) is 0.460. The van der Waals surface area contributed by atoms with Gasteiger partial charge < -0.3 is 10.2 Å². The minimum Gasteiger partial charge on any atom is -0.387 e. The maximum absolute atomic E-state index is 5.55. The fourth-order valence-corrected chi connectivity index (χ4v) is 0.846. The Morgan fingerprint density at radius 3 is 2.27 bits per heavy atom. The molecule has 0 saturated carbocycles. The van der Waals surface area contributed by atoms with Crippen LogP contribution >= 0.6 is 0 Å². The first kappa shape index (κ1) is 10.4. The molecule has 0 aliphatic heterocycles. The van der Waals surface area contributed by atoms with E-state index in [1.165, 1.54) is 0 Å². The van der Waals surface area contributed by atoms with Gasteiger partial charge in [0.05, 0.1) is 33.5 Å². The van der Waals surface area contributed by atoms with Crippen molar-refractivity contribution in [1.82, 2.24) is 0 Å². The first-order chi connectivity index (χ1) is 4.95. The highest BCUT2D eigenvalue weighted by molar-refractivity contribution is 5.79. The van der Waals surface area contributed by atoms with Crippen molar-refractivity contribution in [2.45, 2.75) is 12.8 Å². The molecule has 0 aromatic heterocycles. The minimum absolute atomic E-state index is 0.762. The van der Waals surface area contributed by atoms with Crippen molar-refractivity contribution in [3.05, 3.63) is 0 Å². The summed E-state index contributed by atoms with van der Waals surface area (Å²) in [5.41, 5.74) is 5.55. The highest BCUT2D eigenvalue weighted by Gasteiger charge is 2.05. The Kier molecular flexibility index (Phi) is 4.11. The molecule has 3 nitrogen and oxygen atoms in total. The first-order valence-electron chi connectivity index (χ1n) is 3.97. The summed E-state index contributed by atoms with van der Waals surface area (Å²) in [6.45, 7) is 1.15. The maximum Gasteiger partial charge on any atom is 0.0935 e. The first-order valence-corrected chi connectivity index (χ1v) is 3.97. The van der Waals surface area contributed by atoms with Crippen LogP contribution in [0.2, 0.25) is 0 Å². The molecular formula is C8H20N3+. The molecule has 0 unspecified atom stereocenters. The Labute approximate surface area is 69.5 Å². The van der Waals surface area contributed by atoms with Crippen molar-refractivity contribution in [3.8, 4) is 0 Å². The zero-order valence-electron chi connectivity index (χ0n) is 8.09. The van der Waals surface area contributed by atoms with Gasteiger partial charge in [-0.2, -0.15) is 0 Å². The smallest absolute Gasteiger partial charge is 0.0935 e. The van der Waals surface area contributed by atoms with E-state index in [0.717, 1.165) is 29.7 Å². The van der Waals surface area contributed by atoms with Gasteiger partial charge in [-0.15, -0.1) is 0 Å². The van der Waals surface area contributed by atoms with Crippen LogP contribution in [0.1, 0.15) is 12.8 Å². The van der Waals surface area contributed by atoms with Crippen molar-refractivity contribution < 1.29 is 4.48 Å². The average molecular weight is 158 g/mol. The summed E-state index contributed by atoms with van der Waals surface area (Å²) in [5, 5.41) is 0. The van der Waals surface area contributed by atoms with Crippen LogP contribution in [0.3, 0.4) is 0 Å². The van der Waals surface area contributed by atoms with E-state index in [4.69, 9.17) is 5.73 Å². The Balaban J connectivity index is 3.43. The number of nitrogens with zero attached hydrogens (tertiary/aromatic N) is 2. The van der Waals surface area contributed by atoms with Crippen LogP contribution in [0.4, 0.5) is 0 Å². The summed E-state index contributed by atoms with van der Waals surface area (Å²) in [6, 6.07) is 0. The number of nitrogens with two attached hydrogens (primary N) is 1. The predicted molar refractivity (Wildman–Crippen MR) is 49.7 cm³/mol. The van der Waals surface area contributed by atoms with E-state index in [1.54, 1.807) is 7.05 Å². The summed E-state index contributed by atoms with van der Waals surface area (Å²) >= 11 is 0. The molecule has 0 saturated heterocycles. The van der Waals surface area contributed by atoms with E-state index in [9.17, 15) is 0 Å². The molecule has 0 aromatic rings. The van der Waals surface area contributed by atoms with Crippen LogP contribution in [0, 0.1) is 0 Å². The molecule has 3 heteroatoms. The molecule has 2 N–H and O–H groups in total. The van der Waals surface area contributed by atoms with Crippen LogP contribution in [-0.2, 0) is 0 Å². The van der Waals surface area contributed by atoms with E-state index in [1.807, 2.05) is 0 Å². The van der Waals surface area contributed by atoms with E-state index < -0.39 is 0 Å². The molecule has 0 fully saturated rings. The van der Waals surface area contributed by atoms with Crippen molar-refractivity contribution in [3.63, 3.8) is 0 Å². The van der Waals surface area contributed by atoms with E-state index in [-0.39, 0.29) is 0 Å². The number of aliphatic imine (C=N–C) groups is 1. The quantitative estimate of drug-likeness (QED) is 0.360. The van der Waals surface area contributed by atoms with Crippen LogP contribution in [0.25, 0.3) is 0 Å². The molecule has 11 heavy (non-hydrogen) atoms. The Hall–Kier alpha value is -0.570. The molecule has 0 aromatic carbocycles. The van der Waals surface area contributed by atoms with Crippen LogP contribution in [0.5, 0.6) is 0 Å². The normalized spacial score (nSPS) is 13.6. The lowest BCUT2D eigenvalue weighted by atomic mass is 10.2. The fraction of sp³-hybridized carbons (Fsp3) is 0.875. The highest BCUT2D eigenvalue weighted by Crippen LogP contribution is 1.96. The zero-order chi connectivity index (χ0) is 8.91. The summed E-state index contributed by atoms with van der Waals surface area (Å²) in [7, 11) is 8.28. The van der Waals surface area contributed by atoms with Crippen molar-refractivity contribution in [1.29, 1.82) is 0 Å². The Morgan fingerprint density at radius 2 is 1.91 bits per heavy atom. The van der Waals surface area contributed by atoms with Gasteiger partial charge in [-0.25, -0.2) is 0 Å². The zero-order valence-corrected chi connectivity index (χ0v) is 8.09. The van der Waals surface area contributed by atoms with Crippen molar-refractivity contribution >= 4 is 5.84 Å². The number of hydrogen-bond donors (Lipinski definition) is 1. The summed E-state index contributed by atoms with van der Waals surface area (Å²) in [4.78, 5) is 3.90. The van der Waals surface area contributed by atoms with Crippen molar-refractivity contribution in [2.24, 2.45) is 10.7 Å². The van der Waals surface area contributed by atoms with Gasteiger partial charge in [-0.1, -0.05) is 0 Å². The largest absolute Gasteiger partial charge is 0.387 e. The fourth-order valence-electron chi connectivity index (χ4n) is 0.846. The van der Waals surface area contributed by atoms with Crippen LogP contribution < -0.4 is 5.73 Å². The molecule has 0 rings (SSSR count). The van der Waals surface area contributed by atoms with E-state index >= 15 is 0 Å². The molecule has 0 aliphatic carbocycles. The monoisotopic (exact) mass is 158 g/mol. The number of rotatable bonds is 4. The minimum atomic E-state index is 0.762. The number of quaternary nitrogens is 1. The lowest BCUT2D eigenvalue weighted by Crippen LogP contribution is -2.35. The number of hydrogen-bond acceptors (Lipinski definition) is 1. The molecule has 0 amide bonds. The topological polar surface area (TPSA) is 38.4 Å². The molecule has 0 aliphatic rings. The number of amidine groups is 1. The van der Waals surface area contributed by atoms with Gasteiger partial charge in [0.1, 0.15) is 0 Å². The van der Waals surface area contributed by atoms with Gasteiger partial charge in [0.15, 0.2) is 0 Å². The Morgan fingerprint density at radius 1 is 1.36 bits per heavy atom. The third-order valence-electron chi connectivity index (χ3n) is 1.55. The van der Waals surface area contributed by atoms with Crippen LogP contribution in [0.15, 0.2) is 4.99 Å². The molecular weight excluding hydrogens is 138 g/mol. The van der Waals surface area contributed by atoms with E-state index in [0.29, 0.717) is 0 Å². The lowest BCUT2D eigenvalue weighted by Gasteiger charge is -2.23. The van der Waals surface area contributed by atoms with Gasteiger partial charge >= 0.3 is 0 Å². The molecule has 66 valence electrons. The maximum atomic E-state index is 5.55. The molecule has 0 atom stereocenters. The lowest BCUT2D eigenvalue weighted by molar-refractivity contribution is -0.870. The molecule has 0 radical (unpaired) electrons. The molecule has 0 heterocycles. The SMILES string of the molecule is CN=C(N)CCC[N+](C)(C)C. The van der Waals surface area contributed by atoms with Crippen molar-refractivity contribution in [2.75, 3.05) is 34.7 Å². The summed E-state index contributed by atoms with van der Waals surface area (Å²) in [5.74, 6) is 0.762. The van der Waals surface area contributed by atoms with Gasteiger partial charge in [-0.3, -0.25) is 4.99 Å². The third-order valence-corrected chi connectivity index (χ3v) is 1.55. The van der Waals surface area contributed by atoms with Gasteiger partial charge in [0, 0.05) is 19.9 Å². The van der Waals surface area contributed by atoms with E-state index in [2.05, 4.69) is 26.1 Å². The third kappa shape index (κ3) is 7.33. The second-order valence-corrected chi connectivity index (χ2v) is 3.83. The second kappa shape index (κ2) is 4.34. The average Bonchev–Trinajstić information content (AvgIpc) is 1.85. The Bertz CT molecular complexity index is 133. The standard InChI is InChI=1S/C8H20N3/c1-10-8(9)6-5-7-11(2,3)4/h5-7H2,1-4H3,(H2,9,10)/q+1. The molecule has 0 spiro atoms.